The number of ether oxygens (including phenoxy) is 2. The number of nitrogens with zero attached hydrogens (tertiary/aromatic N) is 1. The van der Waals surface area contributed by atoms with E-state index in [2.05, 4.69) is 5.32 Å². The summed E-state index contributed by atoms with van der Waals surface area (Å²) >= 11 is 0. The molecule has 2 saturated heterocycles. The Morgan fingerprint density at radius 3 is 2.48 bits per heavy atom. The fraction of sp³-hybridized carbons (Fsp3) is 0.632. The van der Waals surface area contributed by atoms with Gasteiger partial charge in [0.25, 0.3) is 0 Å². The van der Waals surface area contributed by atoms with Crippen LogP contribution in [0.1, 0.15) is 32.8 Å². The largest absolute Gasteiger partial charge is 0.358 e. The first-order chi connectivity index (χ1) is 11.9. The summed E-state index contributed by atoms with van der Waals surface area (Å²) in [4.78, 5) is 14.6. The zero-order valence-corrected chi connectivity index (χ0v) is 15.2. The third-order valence-corrected chi connectivity index (χ3v) is 5.08. The summed E-state index contributed by atoms with van der Waals surface area (Å²) in [5.41, 5.74) is 1.04. The molecule has 5 nitrogen and oxygen atoms in total. The second-order valence-corrected chi connectivity index (χ2v) is 7.20. The zero-order chi connectivity index (χ0) is 18.2. The molecule has 25 heavy (non-hydrogen) atoms. The smallest absolute Gasteiger partial charge is 0.239 e. The number of amides is 1. The van der Waals surface area contributed by atoms with Crippen molar-refractivity contribution in [2.45, 2.75) is 70.0 Å². The van der Waals surface area contributed by atoms with Gasteiger partial charge >= 0.3 is 0 Å². The van der Waals surface area contributed by atoms with Crippen LogP contribution in [0, 0.1) is 0 Å². The van der Waals surface area contributed by atoms with Crippen LogP contribution in [-0.4, -0.2) is 54.1 Å². The Bertz CT molecular complexity index is 610. The average Bonchev–Trinajstić information content (AvgIpc) is 2.91. The molecular weight excluding hydrogens is 323 g/mol. The van der Waals surface area contributed by atoms with Crippen LogP contribution >= 0.6 is 0 Å². The molecule has 2 fully saturated rings. The second kappa shape index (κ2) is 7.02. The number of fused-ring (bicyclic) bond motifs is 1. The Labute approximate surface area is 148 Å². The molecule has 2 heterocycles. The first-order valence-corrected chi connectivity index (χ1v) is 8.89. The van der Waals surface area contributed by atoms with Crippen LogP contribution in [0.3, 0.4) is 0 Å². The summed E-state index contributed by atoms with van der Waals surface area (Å²) < 4.78 is 27.0. The highest BCUT2D eigenvalue weighted by Gasteiger charge is 2.59. The number of rotatable bonds is 4. The third kappa shape index (κ3) is 3.43. The highest BCUT2D eigenvalue weighted by Crippen LogP contribution is 2.41. The Morgan fingerprint density at radius 1 is 1.24 bits per heavy atom. The maximum atomic E-state index is 15.3. The molecule has 6 heteroatoms. The van der Waals surface area contributed by atoms with Gasteiger partial charge in [-0.3, -0.25) is 9.69 Å². The fourth-order valence-electron chi connectivity index (χ4n) is 4.02. The average molecular weight is 350 g/mol. The summed E-state index contributed by atoms with van der Waals surface area (Å²) in [6.07, 6.45) is -1.97. The Balaban J connectivity index is 1.98. The lowest BCUT2D eigenvalue weighted by molar-refractivity contribution is -0.153. The number of benzene rings is 1. The number of carbonyl (C=O) groups is 1. The molecule has 2 aliphatic rings. The van der Waals surface area contributed by atoms with E-state index >= 15 is 4.39 Å². The van der Waals surface area contributed by atoms with E-state index in [0.29, 0.717) is 13.0 Å². The molecule has 1 N–H and O–H groups in total. The van der Waals surface area contributed by atoms with Crippen molar-refractivity contribution in [1.29, 1.82) is 0 Å². The molecule has 0 spiro atoms. The van der Waals surface area contributed by atoms with Crippen molar-refractivity contribution in [2.24, 2.45) is 0 Å². The normalized spacial score (nSPS) is 34.5. The van der Waals surface area contributed by atoms with Crippen molar-refractivity contribution in [3.63, 3.8) is 0 Å². The lowest BCUT2D eigenvalue weighted by Crippen LogP contribution is -2.67. The minimum absolute atomic E-state index is 0.169. The molecule has 2 aliphatic heterocycles. The molecule has 1 aromatic carbocycles. The van der Waals surface area contributed by atoms with E-state index in [-0.39, 0.29) is 5.91 Å². The van der Waals surface area contributed by atoms with Gasteiger partial charge in [-0.15, -0.1) is 0 Å². The van der Waals surface area contributed by atoms with Gasteiger partial charge < -0.3 is 14.8 Å². The summed E-state index contributed by atoms with van der Waals surface area (Å²) in [5, 5.41) is 2.71. The van der Waals surface area contributed by atoms with Gasteiger partial charge in [-0.2, -0.15) is 0 Å². The van der Waals surface area contributed by atoms with Gasteiger partial charge in [0, 0.05) is 19.6 Å². The lowest BCUT2D eigenvalue weighted by Gasteiger charge is -2.47. The van der Waals surface area contributed by atoms with Crippen LogP contribution in [0.2, 0.25) is 0 Å². The van der Waals surface area contributed by atoms with E-state index in [1.807, 2.05) is 42.2 Å². The predicted octanol–water partition coefficient (Wildman–Crippen LogP) is 2.25. The number of piperidine rings is 1. The number of alkyl halides is 1. The van der Waals surface area contributed by atoms with Gasteiger partial charge in [0.1, 0.15) is 24.4 Å². The fourth-order valence-corrected chi connectivity index (χ4v) is 4.02. The number of nitrogens with one attached hydrogen (secondary N) is 1. The molecule has 0 bridgehead atoms. The number of likely N-dealkylation sites (N-methyl/N-ethyl adjacent to an activating group) is 1. The van der Waals surface area contributed by atoms with E-state index in [1.54, 1.807) is 20.9 Å². The number of halogens is 1. The predicted molar refractivity (Wildman–Crippen MR) is 92.6 cm³/mol. The Kier molecular flexibility index (Phi) is 5.14. The van der Waals surface area contributed by atoms with Crippen molar-refractivity contribution >= 4 is 5.91 Å². The van der Waals surface area contributed by atoms with Crippen LogP contribution in [0.15, 0.2) is 30.3 Å². The van der Waals surface area contributed by atoms with Crippen molar-refractivity contribution < 1.29 is 18.7 Å². The van der Waals surface area contributed by atoms with Crippen molar-refractivity contribution in [3.8, 4) is 0 Å². The van der Waals surface area contributed by atoms with Crippen LogP contribution in [-0.2, 0) is 20.8 Å². The van der Waals surface area contributed by atoms with Gasteiger partial charge in [-0.05, 0) is 25.8 Å². The van der Waals surface area contributed by atoms with E-state index in [1.165, 1.54) is 0 Å². The quantitative estimate of drug-likeness (QED) is 0.905. The standard InChI is InChI=1S/C19H27FN2O3/c1-5-13-14(20)16-17(25-19(2,3)24-16)15(18(23)21-4)22(13)11-12-9-7-6-8-10-12/h6-10,13-17H,5,11H2,1-4H3,(H,21,23)/t13-,14+,15+,16+,17-/m1/s1. The van der Waals surface area contributed by atoms with Crippen LogP contribution in [0.5, 0.6) is 0 Å². The number of hydrogen-bond donors (Lipinski definition) is 1. The van der Waals surface area contributed by atoms with Gasteiger partial charge in [0.05, 0.1) is 0 Å². The Morgan fingerprint density at radius 2 is 1.88 bits per heavy atom. The van der Waals surface area contributed by atoms with E-state index in [9.17, 15) is 4.79 Å². The first-order valence-electron chi connectivity index (χ1n) is 8.89. The van der Waals surface area contributed by atoms with Crippen LogP contribution in [0.25, 0.3) is 0 Å². The van der Waals surface area contributed by atoms with Gasteiger partial charge in [-0.25, -0.2) is 4.39 Å². The SMILES string of the molecule is CC[C@@H]1[C@H](F)[C@@H]2OC(C)(C)O[C@@H]2[C@@H](C(=O)NC)N1Cc1ccccc1. The number of likely N-dealkylation sites (tertiary alicyclic amines) is 1. The third-order valence-electron chi connectivity index (χ3n) is 5.08. The molecule has 138 valence electrons. The lowest BCUT2D eigenvalue weighted by atomic mass is 9.86. The second-order valence-electron chi connectivity index (χ2n) is 7.20. The zero-order valence-electron chi connectivity index (χ0n) is 15.2. The number of hydrogen-bond acceptors (Lipinski definition) is 4. The van der Waals surface area contributed by atoms with E-state index in [0.717, 1.165) is 5.56 Å². The monoisotopic (exact) mass is 350 g/mol. The minimum Gasteiger partial charge on any atom is -0.358 e. The first kappa shape index (κ1) is 18.3. The van der Waals surface area contributed by atoms with Crippen molar-refractivity contribution in [1.82, 2.24) is 10.2 Å². The molecule has 0 radical (unpaired) electrons. The van der Waals surface area contributed by atoms with Crippen molar-refractivity contribution in [3.05, 3.63) is 35.9 Å². The molecule has 0 saturated carbocycles. The van der Waals surface area contributed by atoms with Gasteiger partial charge in [0.15, 0.2) is 5.79 Å². The Hall–Kier alpha value is -1.50. The van der Waals surface area contributed by atoms with Crippen LogP contribution in [0.4, 0.5) is 4.39 Å². The molecular formula is C19H27FN2O3. The minimum atomic E-state index is -1.21. The highest BCUT2D eigenvalue weighted by atomic mass is 19.1. The molecule has 0 unspecified atom stereocenters. The topological polar surface area (TPSA) is 50.8 Å². The van der Waals surface area contributed by atoms with Gasteiger partial charge in [0.2, 0.25) is 5.91 Å². The number of carbonyl (C=O) groups excluding carboxylic acids is 1. The summed E-state index contributed by atoms with van der Waals surface area (Å²) in [7, 11) is 1.60. The maximum absolute atomic E-state index is 15.3. The van der Waals surface area contributed by atoms with Crippen LogP contribution < -0.4 is 5.32 Å². The van der Waals surface area contributed by atoms with Gasteiger partial charge in [-0.1, -0.05) is 37.3 Å². The van der Waals surface area contributed by atoms with E-state index < -0.39 is 36.3 Å². The molecule has 1 amide bonds. The summed E-state index contributed by atoms with van der Waals surface area (Å²) in [6.45, 7) is 5.96. The molecule has 5 atom stereocenters. The molecule has 0 aliphatic carbocycles. The molecule has 3 rings (SSSR count). The summed E-state index contributed by atoms with van der Waals surface area (Å²) in [6, 6.07) is 8.82. The maximum Gasteiger partial charge on any atom is 0.239 e. The molecule has 0 aromatic heterocycles. The highest BCUT2D eigenvalue weighted by molar-refractivity contribution is 5.82. The molecule has 1 aromatic rings. The summed E-state index contributed by atoms with van der Waals surface area (Å²) in [5.74, 6) is -1.06. The van der Waals surface area contributed by atoms with Crippen molar-refractivity contribution in [2.75, 3.05) is 7.05 Å². The van der Waals surface area contributed by atoms with E-state index in [4.69, 9.17) is 9.47 Å².